The van der Waals surface area contributed by atoms with E-state index >= 15 is 0 Å². The number of H-pyrrole nitrogens is 1. The number of aromatic nitrogens is 4. The van der Waals surface area contributed by atoms with E-state index < -0.39 is 0 Å². The molecule has 0 aliphatic carbocycles. The van der Waals surface area contributed by atoms with Crippen LogP contribution in [0.25, 0.3) is 0 Å². The fourth-order valence-corrected chi connectivity index (χ4v) is 4.30. The summed E-state index contributed by atoms with van der Waals surface area (Å²) in [5.74, 6) is 1.55. The Morgan fingerprint density at radius 2 is 1.88 bits per heavy atom. The maximum atomic E-state index is 13.2. The summed E-state index contributed by atoms with van der Waals surface area (Å²) < 4.78 is 11.5. The lowest BCUT2D eigenvalue weighted by atomic mass is 9.97. The number of piperidine rings is 2. The first kappa shape index (κ1) is 22.0. The molecular weight excluding hydrogens is 412 g/mol. The Morgan fingerprint density at radius 1 is 1.06 bits per heavy atom. The molecule has 0 radical (unpaired) electrons. The molecule has 10 nitrogen and oxygen atoms in total. The lowest BCUT2D eigenvalue weighted by Gasteiger charge is -2.31. The zero-order chi connectivity index (χ0) is 22.3. The van der Waals surface area contributed by atoms with Crippen molar-refractivity contribution in [1.82, 2.24) is 30.4 Å². The number of tetrazole rings is 1. The van der Waals surface area contributed by atoms with Crippen LogP contribution >= 0.6 is 0 Å². The topological polar surface area (TPSA) is 114 Å². The van der Waals surface area contributed by atoms with Crippen molar-refractivity contribution in [2.45, 2.75) is 44.9 Å². The number of benzene rings is 1. The van der Waals surface area contributed by atoms with Crippen molar-refractivity contribution in [3.05, 3.63) is 29.6 Å². The van der Waals surface area contributed by atoms with Gasteiger partial charge in [0.15, 0.2) is 23.9 Å². The maximum Gasteiger partial charge on any atom is 0.260 e. The molecule has 2 aromatic rings. The molecule has 0 unspecified atom stereocenters. The van der Waals surface area contributed by atoms with Gasteiger partial charge in [0.1, 0.15) is 0 Å². The molecular formula is C22H30N6O4. The van der Waals surface area contributed by atoms with Crippen molar-refractivity contribution in [2.75, 3.05) is 39.4 Å². The molecule has 4 rings (SSSR count). The van der Waals surface area contributed by atoms with Crippen molar-refractivity contribution in [3.8, 4) is 11.5 Å². The first-order valence-corrected chi connectivity index (χ1v) is 11.4. The largest absolute Gasteiger partial charge is 0.490 e. The van der Waals surface area contributed by atoms with Crippen LogP contribution in [0.2, 0.25) is 0 Å². The number of aromatic amines is 1. The molecule has 2 fully saturated rings. The molecule has 0 bridgehead atoms. The molecule has 2 aliphatic rings. The third kappa shape index (κ3) is 5.17. The molecule has 1 atom stereocenters. The van der Waals surface area contributed by atoms with E-state index in [1.807, 2.05) is 16.7 Å². The highest BCUT2D eigenvalue weighted by atomic mass is 16.5. The van der Waals surface area contributed by atoms with Crippen molar-refractivity contribution in [2.24, 2.45) is 0 Å². The summed E-state index contributed by atoms with van der Waals surface area (Å²) in [4.78, 5) is 29.3. The molecule has 10 heteroatoms. The molecule has 1 N–H and O–H groups in total. The number of hydrogen-bond donors (Lipinski definition) is 1. The Balaban J connectivity index is 1.42. The van der Waals surface area contributed by atoms with E-state index in [0.717, 1.165) is 38.8 Å². The number of ether oxygens (including phenoxy) is 2. The standard InChI is InChI=1S/C22H30N6O4/c1-2-31-19-13-16(8-9-18(19)32-15-20(29)27-10-4-3-5-11-27)22(30)28-12-6-7-17(14-28)21-23-25-26-24-21/h8-9,13,17H,2-7,10-12,14-15H2,1H3,(H,23,24,25,26)/t17-/m1/s1. The lowest BCUT2D eigenvalue weighted by molar-refractivity contribution is -0.134. The number of rotatable bonds is 7. The van der Waals surface area contributed by atoms with Gasteiger partial charge in [-0.2, -0.15) is 5.21 Å². The van der Waals surface area contributed by atoms with E-state index in [0.29, 0.717) is 42.6 Å². The SMILES string of the molecule is CCOc1cc(C(=O)N2CCC[C@@H](c3nn[nH]n3)C2)ccc1OCC(=O)N1CCCCC1. The zero-order valence-corrected chi connectivity index (χ0v) is 18.5. The molecule has 32 heavy (non-hydrogen) atoms. The van der Waals surface area contributed by atoms with Crippen LogP contribution in [0.3, 0.4) is 0 Å². The minimum Gasteiger partial charge on any atom is -0.490 e. The quantitative estimate of drug-likeness (QED) is 0.698. The Labute approximate surface area is 187 Å². The Morgan fingerprint density at radius 3 is 2.62 bits per heavy atom. The van der Waals surface area contributed by atoms with Crippen LogP contribution < -0.4 is 9.47 Å². The monoisotopic (exact) mass is 442 g/mol. The van der Waals surface area contributed by atoms with Gasteiger partial charge in [-0.1, -0.05) is 5.21 Å². The van der Waals surface area contributed by atoms with Gasteiger partial charge in [-0.05, 0) is 57.2 Å². The van der Waals surface area contributed by atoms with Crippen LogP contribution in [0.4, 0.5) is 0 Å². The predicted molar refractivity (Wildman–Crippen MR) is 116 cm³/mol. The number of carbonyl (C=O) groups is 2. The first-order valence-electron chi connectivity index (χ1n) is 11.4. The summed E-state index contributed by atoms with van der Waals surface area (Å²) in [6.45, 7) is 5.06. The van der Waals surface area contributed by atoms with Crippen LogP contribution in [-0.4, -0.2) is 81.6 Å². The van der Waals surface area contributed by atoms with Crippen LogP contribution in [0.1, 0.15) is 61.1 Å². The van der Waals surface area contributed by atoms with Gasteiger partial charge in [0.2, 0.25) is 0 Å². The molecule has 1 aromatic heterocycles. The minimum atomic E-state index is -0.0740. The highest BCUT2D eigenvalue weighted by Gasteiger charge is 2.28. The van der Waals surface area contributed by atoms with Crippen LogP contribution in [-0.2, 0) is 4.79 Å². The van der Waals surface area contributed by atoms with Gasteiger partial charge >= 0.3 is 0 Å². The number of likely N-dealkylation sites (tertiary alicyclic amines) is 2. The predicted octanol–water partition coefficient (Wildman–Crippen LogP) is 2.01. The second kappa shape index (κ2) is 10.4. The van der Waals surface area contributed by atoms with Gasteiger partial charge in [-0.15, -0.1) is 10.2 Å². The Bertz CT molecular complexity index is 913. The second-order valence-corrected chi connectivity index (χ2v) is 8.18. The third-order valence-electron chi connectivity index (χ3n) is 5.99. The fraction of sp³-hybridized carbons (Fsp3) is 0.591. The smallest absolute Gasteiger partial charge is 0.260 e. The first-order chi connectivity index (χ1) is 15.7. The highest BCUT2D eigenvalue weighted by molar-refractivity contribution is 5.95. The third-order valence-corrected chi connectivity index (χ3v) is 5.99. The number of carbonyl (C=O) groups excluding carboxylic acids is 2. The molecule has 2 aliphatic heterocycles. The van der Waals surface area contributed by atoms with Gasteiger partial charge in [0.05, 0.1) is 6.61 Å². The Kier molecular flexibility index (Phi) is 7.18. The van der Waals surface area contributed by atoms with Crippen molar-refractivity contribution in [3.63, 3.8) is 0 Å². The maximum absolute atomic E-state index is 13.2. The number of nitrogens with one attached hydrogen (secondary N) is 1. The van der Waals surface area contributed by atoms with Gasteiger partial charge in [-0.25, -0.2) is 0 Å². The summed E-state index contributed by atoms with van der Waals surface area (Å²) >= 11 is 0. The molecule has 2 amide bonds. The molecule has 1 aromatic carbocycles. The summed E-state index contributed by atoms with van der Waals surface area (Å²) in [5, 5.41) is 14.3. The van der Waals surface area contributed by atoms with Gasteiger partial charge < -0.3 is 19.3 Å². The average molecular weight is 443 g/mol. The van der Waals surface area contributed by atoms with E-state index in [1.54, 1.807) is 18.2 Å². The van der Waals surface area contributed by atoms with E-state index in [4.69, 9.17) is 9.47 Å². The van der Waals surface area contributed by atoms with E-state index in [2.05, 4.69) is 20.6 Å². The highest BCUT2D eigenvalue weighted by Crippen LogP contribution is 2.31. The summed E-state index contributed by atoms with van der Waals surface area (Å²) in [6, 6.07) is 5.14. The van der Waals surface area contributed by atoms with Crippen molar-refractivity contribution < 1.29 is 19.1 Å². The van der Waals surface area contributed by atoms with Crippen molar-refractivity contribution >= 4 is 11.8 Å². The van der Waals surface area contributed by atoms with Crippen molar-refractivity contribution in [1.29, 1.82) is 0 Å². The van der Waals surface area contributed by atoms with E-state index in [-0.39, 0.29) is 24.3 Å². The van der Waals surface area contributed by atoms with E-state index in [1.165, 1.54) is 6.42 Å². The number of nitrogens with zero attached hydrogens (tertiary/aromatic N) is 5. The second-order valence-electron chi connectivity index (χ2n) is 8.18. The number of hydrogen-bond acceptors (Lipinski definition) is 7. The lowest BCUT2D eigenvalue weighted by Crippen LogP contribution is -2.39. The van der Waals surface area contributed by atoms with Crippen LogP contribution in [0.5, 0.6) is 11.5 Å². The van der Waals surface area contributed by atoms with Gasteiger partial charge in [0, 0.05) is 37.7 Å². The van der Waals surface area contributed by atoms with Crippen LogP contribution in [0, 0.1) is 0 Å². The number of amides is 2. The molecule has 0 spiro atoms. The molecule has 172 valence electrons. The molecule has 3 heterocycles. The average Bonchev–Trinajstić information content (AvgIpc) is 3.38. The van der Waals surface area contributed by atoms with E-state index in [9.17, 15) is 9.59 Å². The fourth-order valence-electron chi connectivity index (χ4n) is 4.30. The normalized spacial score (nSPS) is 19.0. The Hall–Kier alpha value is -3.17. The molecule has 2 saturated heterocycles. The van der Waals surface area contributed by atoms with Crippen LogP contribution in [0.15, 0.2) is 18.2 Å². The van der Waals surface area contributed by atoms with Gasteiger partial charge in [-0.3, -0.25) is 9.59 Å². The summed E-state index contributed by atoms with van der Waals surface area (Å²) in [7, 11) is 0. The zero-order valence-electron chi connectivity index (χ0n) is 18.5. The minimum absolute atomic E-state index is 0.0203. The summed E-state index contributed by atoms with van der Waals surface area (Å²) in [5.41, 5.74) is 0.525. The van der Waals surface area contributed by atoms with Gasteiger partial charge in [0.25, 0.3) is 11.8 Å². The summed E-state index contributed by atoms with van der Waals surface area (Å²) in [6.07, 6.45) is 5.05. The molecule has 0 saturated carbocycles.